The lowest BCUT2D eigenvalue weighted by Crippen LogP contribution is -2.03. The van der Waals surface area contributed by atoms with E-state index in [1.807, 2.05) is 0 Å². The maximum atomic E-state index is 11.4. The van der Waals surface area contributed by atoms with E-state index in [9.17, 15) is 13.2 Å². The van der Waals surface area contributed by atoms with Gasteiger partial charge in [0.15, 0.2) is 0 Å². The Hall–Kier alpha value is -0.590. The highest BCUT2D eigenvalue weighted by molar-refractivity contribution is 8.15. The third-order valence-electron chi connectivity index (χ3n) is 1.60. The van der Waals surface area contributed by atoms with Gasteiger partial charge in [-0.25, -0.2) is 13.2 Å². The summed E-state index contributed by atoms with van der Waals surface area (Å²) in [4.78, 5) is 11.6. The Morgan fingerprint density at radius 1 is 1.60 bits per heavy atom. The molecule has 0 N–H and O–H groups in total. The van der Waals surface area contributed by atoms with Crippen LogP contribution in [-0.4, -0.2) is 21.0 Å². The zero-order valence-corrected chi connectivity index (χ0v) is 10.5. The molecule has 4 nitrogen and oxygen atoms in total. The van der Waals surface area contributed by atoms with Crippen LogP contribution >= 0.6 is 22.0 Å². The van der Waals surface area contributed by atoms with Gasteiger partial charge in [0.1, 0.15) is 9.09 Å². The Labute approximate surface area is 96.2 Å². The molecule has 0 radical (unpaired) electrons. The van der Waals surface area contributed by atoms with Crippen LogP contribution in [0.4, 0.5) is 0 Å². The molecule has 0 spiro atoms. The van der Waals surface area contributed by atoms with Crippen LogP contribution in [0.25, 0.3) is 0 Å². The quantitative estimate of drug-likeness (QED) is 0.623. The summed E-state index contributed by atoms with van der Waals surface area (Å²) >= 11 is 0.820. The van der Waals surface area contributed by atoms with E-state index in [2.05, 4.69) is 0 Å². The highest BCUT2D eigenvalue weighted by atomic mass is 35.7. The second-order valence-electron chi connectivity index (χ2n) is 2.74. The second-order valence-corrected chi connectivity index (χ2v) is 6.58. The van der Waals surface area contributed by atoms with Gasteiger partial charge in [0.25, 0.3) is 9.05 Å². The average molecular weight is 269 g/mol. The number of aryl methyl sites for hydroxylation is 1. The number of ether oxygens (including phenoxy) is 1. The van der Waals surface area contributed by atoms with E-state index in [1.54, 1.807) is 13.8 Å². The average Bonchev–Trinajstić information content (AvgIpc) is 2.47. The van der Waals surface area contributed by atoms with E-state index in [1.165, 1.54) is 6.07 Å². The number of carbonyl (C=O) groups excluding carboxylic acids is 1. The molecule has 0 bridgehead atoms. The predicted octanol–water partition coefficient (Wildman–Crippen LogP) is 2.16. The molecule has 0 aliphatic carbocycles. The SMILES string of the molecule is CCOC(=O)c1sc(S(=O)(=O)Cl)cc1C. The van der Waals surface area contributed by atoms with Crippen LogP contribution in [0.1, 0.15) is 22.2 Å². The zero-order valence-electron chi connectivity index (χ0n) is 8.11. The van der Waals surface area contributed by atoms with Crippen LogP contribution in [-0.2, 0) is 13.8 Å². The smallest absolute Gasteiger partial charge is 0.348 e. The standard InChI is InChI=1S/C8H9ClO4S2/c1-3-13-8(10)7-5(2)4-6(14-7)15(9,11)12/h4H,3H2,1-2H3. The molecule has 84 valence electrons. The lowest BCUT2D eigenvalue weighted by Gasteiger charge is -1.98. The van der Waals surface area contributed by atoms with E-state index >= 15 is 0 Å². The summed E-state index contributed by atoms with van der Waals surface area (Å²) in [5, 5.41) is 0. The fourth-order valence-electron chi connectivity index (χ4n) is 0.972. The number of thiophene rings is 1. The van der Waals surface area contributed by atoms with Crippen molar-refractivity contribution in [2.75, 3.05) is 6.61 Å². The van der Waals surface area contributed by atoms with Crippen molar-refractivity contribution in [3.63, 3.8) is 0 Å². The van der Waals surface area contributed by atoms with E-state index in [0.29, 0.717) is 5.56 Å². The van der Waals surface area contributed by atoms with Crippen molar-refractivity contribution in [3.05, 3.63) is 16.5 Å². The maximum absolute atomic E-state index is 11.4. The highest BCUT2D eigenvalue weighted by Crippen LogP contribution is 2.28. The van der Waals surface area contributed by atoms with Crippen LogP contribution in [0.15, 0.2) is 10.3 Å². The van der Waals surface area contributed by atoms with Crippen LogP contribution in [0.5, 0.6) is 0 Å². The van der Waals surface area contributed by atoms with Crippen LogP contribution < -0.4 is 0 Å². The van der Waals surface area contributed by atoms with Crippen molar-refractivity contribution in [3.8, 4) is 0 Å². The van der Waals surface area contributed by atoms with Gasteiger partial charge in [-0.3, -0.25) is 0 Å². The predicted molar refractivity (Wildman–Crippen MR) is 58.1 cm³/mol. The van der Waals surface area contributed by atoms with Crippen molar-refractivity contribution < 1.29 is 17.9 Å². The van der Waals surface area contributed by atoms with Crippen molar-refractivity contribution in [2.24, 2.45) is 0 Å². The second kappa shape index (κ2) is 4.51. The Kier molecular flexibility index (Phi) is 3.75. The molecular formula is C8H9ClO4S2. The van der Waals surface area contributed by atoms with Gasteiger partial charge in [-0.1, -0.05) is 0 Å². The number of rotatable bonds is 3. The summed E-state index contributed by atoms with van der Waals surface area (Å²) in [5.74, 6) is -0.522. The summed E-state index contributed by atoms with van der Waals surface area (Å²) in [6, 6.07) is 1.36. The Morgan fingerprint density at radius 3 is 2.60 bits per heavy atom. The molecule has 0 aromatic carbocycles. The number of hydrogen-bond donors (Lipinski definition) is 0. The van der Waals surface area contributed by atoms with Crippen molar-refractivity contribution in [1.29, 1.82) is 0 Å². The molecular weight excluding hydrogens is 260 g/mol. The first kappa shape index (κ1) is 12.5. The van der Waals surface area contributed by atoms with Gasteiger partial charge < -0.3 is 4.74 Å². The van der Waals surface area contributed by atoms with Crippen molar-refractivity contribution >= 4 is 37.0 Å². The van der Waals surface area contributed by atoms with Gasteiger partial charge >= 0.3 is 5.97 Å². The molecule has 0 unspecified atom stereocenters. The molecule has 0 aliphatic rings. The summed E-state index contributed by atoms with van der Waals surface area (Å²) in [6.45, 7) is 3.56. The van der Waals surface area contributed by atoms with Gasteiger partial charge in [0.05, 0.1) is 6.61 Å². The molecule has 7 heteroatoms. The van der Waals surface area contributed by atoms with Crippen LogP contribution in [0.3, 0.4) is 0 Å². The third kappa shape index (κ3) is 2.93. The number of esters is 1. The first-order valence-electron chi connectivity index (χ1n) is 4.08. The summed E-state index contributed by atoms with van der Waals surface area (Å²) in [7, 11) is 1.39. The maximum Gasteiger partial charge on any atom is 0.348 e. The Morgan fingerprint density at radius 2 is 2.20 bits per heavy atom. The van der Waals surface area contributed by atoms with Crippen LogP contribution in [0.2, 0.25) is 0 Å². The van der Waals surface area contributed by atoms with Crippen molar-refractivity contribution in [1.82, 2.24) is 0 Å². The van der Waals surface area contributed by atoms with Gasteiger partial charge in [0, 0.05) is 10.7 Å². The van der Waals surface area contributed by atoms with E-state index < -0.39 is 15.0 Å². The number of carbonyl (C=O) groups is 1. The van der Waals surface area contributed by atoms with Gasteiger partial charge in [0.2, 0.25) is 0 Å². The monoisotopic (exact) mass is 268 g/mol. The number of halogens is 1. The lowest BCUT2D eigenvalue weighted by molar-refractivity contribution is 0.0531. The molecule has 1 rings (SSSR count). The van der Waals surface area contributed by atoms with E-state index in [4.69, 9.17) is 15.4 Å². The van der Waals surface area contributed by atoms with Gasteiger partial charge in [-0.15, -0.1) is 11.3 Å². The van der Waals surface area contributed by atoms with E-state index in [-0.39, 0.29) is 15.7 Å². The number of hydrogen-bond acceptors (Lipinski definition) is 5. The minimum Gasteiger partial charge on any atom is -0.462 e. The molecule has 15 heavy (non-hydrogen) atoms. The molecule has 1 aromatic rings. The lowest BCUT2D eigenvalue weighted by atomic mass is 10.3. The Bertz CT molecular complexity index is 475. The van der Waals surface area contributed by atoms with Crippen molar-refractivity contribution in [2.45, 2.75) is 18.1 Å². The zero-order chi connectivity index (χ0) is 11.6. The Balaban J connectivity index is 3.13. The van der Waals surface area contributed by atoms with Gasteiger partial charge in [-0.2, -0.15) is 0 Å². The topological polar surface area (TPSA) is 60.4 Å². The third-order valence-corrected chi connectivity index (χ3v) is 4.89. The minimum absolute atomic E-state index is 0.0373. The molecule has 0 aliphatic heterocycles. The molecule has 0 fully saturated rings. The highest BCUT2D eigenvalue weighted by Gasteiger charge is 2.20. The summed E-state index contributed by atoms with van der Waals surface area (Å²) in [5.41, 5.74) is 0.553. The molecule has 0 atom stereocenters. The molecule has 1 aromatic heterocycles. The normalized spacial score (nSPS) is 11.4. The molecule has 0 amide bonds. The molecule has 0 saturated carbocycles. The fraction of sp³-hybridized carbons (Fsp3) is 0.375. The molecule has 0 saturated heterocycles. The summed E-state index contributed by atoms with van der Waals surface area (Å²) < 4.78 is 26.7. The first-order valence-corrected chi connectivity index (χ1v) is 7.21. The van der Waals surface area contributed by atoms with E-state index in [0.717, 1.165) is 11.3 Å². The van der Waals surface area contributed by atoms with Crippen LogP contribution in [0, 0.1) is 6.92 Å². The first-order chi connectivity index (χ1) is 6.86. The minimum atomic E-state index is -3.77. The fourth-order valence-corrected chi connectivity index (χ4v) is 3.15. The summed E-state index contributed by atoms with van der Waals surface area (Å²) in [6.07, 6.45) is 0. The molecule has 1 heterocycles. The van der Waals surface area contributed by atoms with Gasteiger partial charge in [-0.05, 0) is 25.5 Å². The largest absolute Gasteiger partial charge is 0.462 e.